The average molecular weight is 895 g/mol. The number of hydrogen-bond acceptors (Lipinski definition) is 2. The lowest BCUT2D eigenvalue weighted by Gasteiger charge is -2.19. The molecule has 0 spiro atoms. The zero-order valence-corrected chi connectivity index (χ0v) is 39.4. The maximum absolute atomic E-state index is 11.8. The lowest BCUT2D eigenvalue weighted by Crippen LogP contribution is -2.05. The summed E-state index contributed by atoms with van der Waals surface area (Å²) in [6.07, 6.45) is 0. The lowest BCUT2D eigenvalue weighted by atomic mass is 9.98. The SMILES string of the molecule is Cc1ccc(-c2ccc3c(c2)c2cc(-c4ccc(C)cc4)ccc2n3-c2cc(-c3cccc(C#N)c3)cc(-n3c4ccc(-c5ccc(C)cc5)cc4c4cc(-c5ccc(C)cc5)ccc43)c2C#N)cc1. The molecule has 0 N–H and O–H groups in total. The summed E-state index contributed by atoms with van der Waals surface area (Å²) < 4.78 is 4.56. The topological polar surface area (TPSA) is 57.4 Å². The van der Waals surface area contributed by atoms with Crippen molar-refractivity contribution in [3.63, 3.8) is 0 Å². The van der Waals surface area contributed by atoms with Crippen LogP contribution in [0, 0.1) is 50.4 Å². The average Bonchev–Trinajstić information content (AvgIpc) is 3.90. The third kappa shape index (κ3) is 7.23. The lowest BCUT2D eigenvalue weighted by molar-refractivity contribution is 1.12. The van der Waals surface area contributed by atoms with E-state index in [4.69, 9.17) is 0 Å². The van der Waals surface area contributed by atoms with Crippen molar-refractivity contribution in [2.24, 2.45) is 0 Å². The summed E-state index contributed by atoms with van der Waals surface area (Å²) in [5.41, 5.74) is 22.3. The van der Waals surface area contributed by atoms with Gasteiger partial charge in [-0.25, -0.2) is 0 Å². The first-order valence-electron chi connectivity index (χ1n) is 23.8. The molecule has 4 heteroatoms. The van der Waals surface area contributed by atoms with Crippen molar-refractivity contribution in [1.29, 1.82) is 10.5 Å². The van der Waals surface area contributed by atoms with E-state index in [2.05, 4.69) is 237 Å². The van der Waals surface area contributed by atoms with Crippen LogP contribution in [0.15, 0.2) is 206 Å². The van der Waals surface area contributed by atoms with Crippen LogP contribution in [0.1, 0.15) is 33.4 Å². The molecule has 2 aromatic heterocycles. The molecular formula is C66H46N4. The minimum absolute atomic E-state index is 0.535. The van der Waals surface area contributed by atoms with Gasteiger partial charge in [0.1, 0.15) is 11.6 Å². The molecule has 330 valence electrons. The monoisotopic (exact) mass is 894 g/mol. The first kappa shape index (κ1) is 42.2. The summed E-state index contributed by atoms with van der Waals surface area (Å²) in [5.74, 6) is 0. The normalized spacial score (nSPS) is 11.4. The van der Waals surface area contributed by atoms with Crippen molar-refractivity contribution < 1.29 is 0 Å². The summed E-state index contributed by atoms with van der Waals surface area (Å²) in [7, 11) is 0. The standard InChI is InChI=1S/C66H46N4/c1-41-8-16-46(17-9-41)51-24-28-61-56(33-51)57-34-52(47-18-10-42(2)11-19-47)25-29-62(57)69(61)65-37-55(50-7-5-6-45(32-50)39-67)38-66(60(65)40-68)70-63-30-26-53(48-20-12-43(3)13-21-48)35-58(63)59-36-54(27-31-64(59)70)49-22-14-44(4)15-23-49/h5-38H,1-4H3. The molecule has 0 aliphatic heterocycles. The Morgan fingerprint density at radius 1 is 0.286 bits per heavy atom. The van der Waals surface area contributed by atoms with Crippen molar-refractivity contribution in [2.45, 2.75) is 27.7 Å². The van der Waals surface area contributed by atoms with Crippen LogP contribution >= 0.6 is 0 Å². The van der Waals surface area contributed by atoms with Gasteiger partial charge in [-0.3, -0.25) is 0 Å². The van der Waals surface area contributed by atoms with Crippen LogP contribution in [-0.4, -0.2) is 9.13 Å². The smallest absolute Gasteiger partial charge is 0.104 e. The Morgan fingerprint density at radius 2 is 0.586 bits per heavy atom. The number of nitriles is 2. The Hall–Kier alpha value is -9.22. The van der Waals surface area contributed by atoms with E-state index in [0.29, 0.717) is 11.1 Å². The Balaban J connectivity index is 1.17. The molecule has 0 saturated carbocycles. The highest BCUT2D eigenvalue weighted by molar-refractivity contribution is 6.14. The van der Waals surface area contributed by atoms with Crippen LogP contribution in [0.2, 0.25) is 0 Å². The zero-order valence-electron chi connectivity index (χ0n) is 39.4. The van der Waals surface area contributed by atoms with E-state index in [1.165, 1.54) is 22.3 Å². The number of hydrogen-bond donors (Lipinski definition) is 0. The number of fused-ring (bicyclic) bond motifs is 6. The van der Waals surface area contributed by atoms with E-state index in [9.17, 15) is 10.5 Å². The van der Waals surface area contributed by atoms with Gasteiger partial charge in [0.05, 0.1) is 45.1 Å². The fraction of sp³-hybridized carbons (Fsp3) is 0.0606. The molecule has 0 amide bonds. The molecule has 12 aromatic rings. The van der Waals surface area contributed by atoms with E-state index >= 15 is 0 Å². The zero-order chi connectivity index (χ0) is 47.6. The van der Waals surface area contributed by atoms with Crippen molar-refractivity contribution in [1.82, 2.24) is 9.13 Å². The molecule has 0 unspecified atom stereocenters. The van der Waals surface area contributed by atoms with Gasteiger partial charge in [0, 0.05) is 21.5 Å². The maximum Gasteiger partial charge on any atom is 0.104 e. The molecule has 10 aromatic carbocycles. The first-order chi connectivity index (χ1) is 34.2. The van der Waals surface area contributed by atoms with Crippen LogP contribution in [0.3, 0.4) is 0 Å². The predicted octanol–water partition coefficient (Wildman–Crippen LogP) is 17.2. The number of rotatable bonds is 7. The van der Waals surface area contributed by atoms with Gasteiger partial charge in [-0.2, -0.15) is 10.5 Å². The summed E-state index contributed by atoms with van der Waals surface area (Å²) in [4.78, 5) is 0. The molecule has 0 atom stereocenters. The van der Waals surface area contributed by atoms with Crippen molar-refractivity contribution in [2.75, 3.05) is 0 Å². The quantitative estimate of drug-likeness (QED) is 0.160. The summed E-state index contributed by atoms with van der Waals surface area (Å²) in [6, 6.07) is 78.8. The van der Waals surface area contributed by atoms with E-state index in [1.54, 1.807) is 0 Å². The van der Waals surface area contributed by atoms with Crippen LogP contribution in [0.4, 0.5) is 0 Å². The summed E-state index contributed by atoms with van der Waals surface area (Å²) in [6.45, 7) is 8.46. The van der Waals surface area contributed by atoms with Crippen LogP contribution in [-0.2, 0) is 0 Å². The van der Waals surface area contributed by atoms with Gasteiger partial charge in [0.25, 0.3) is 0 Å². The molecule has 0 aliphatic rings. The molecule has 2 heterocycles. The molecule has 0 bridgehead atoms. The third-order valence-corrected chi connectivity index (χ3v) is 14.1. The number of aromatic nitrogens is 2. The van der Waals surface area contributed by atoms with Crippen molar-refractivity contribution >= 4 is 43.6 Å². The van der Waals surface area contributed by atoms with Gasteiger partial charge in [0.2, 0.25) is 0 Å². The maximum atomic E-state index is 11.8. The summed E-state index contributed by atoms with van der Waals surface area (Å²) >= 11 is 0. The second-order valence-electron chi connectivity index (χ2n) is 18.8. The molecular weight excluding hydrogens is 849 g/mol. The third-order valence-electron chi connectivity index (χ3n) is 14.1. The minimum Gasteiger partial charge on any atom is -0.308 e. The highest BCUT2D eigenvalue weighted by atomic mass is 15.0. The molecule has 0 fully saturated rings. The van der Waals surface area contributed by atoms with Crippen LogP contribution < -0.4 is 0 Å². The largest absolute Gasteiger partial charge is 0.308 e. The van der Waals surface area contributed by atoms with Crippen molar-refractivity contribution in [3.05, 3.63) is 240 Å². The Bertz CT molecular complexity index is 3690. The van der Waals surface area contributed by atoms with Gasteiger partial charge in [-0.1, -0.05) is 156 Å². The molecule has 0 radical (unpaired) electrons. The fourth-order valence-electron chi connectivity index (χ4n) is 10.3. The van der Waals surface area contributed by atoms with Gasteiger partial charge in [-0.15, -0.1) is 0 Å². The fourth-order valence-corrected chi connectivity index (χ4v) is 10.3. The van der Waals surface area contributed by atoms with Gasteiger partial charge in [0.15, 0.2) is 0 Å². The second-order valence-corrected chi connectivity index (χ2v) is 18.8. The highest BCUT2D eigenvalue weighted by Crippen LogP contribution is 2.43. The minimum atomic E-state index is 0.535. The van der Waals surface area contributed by atoms with E-state index in [-0.39, 0.29) is 0 Å². The molecule has 0 saturated heterocycles. The Labute approximate surface area is 407 Å². The molecule has 4 nitrogen and oxygen atoms in total. The van der Waals surface area contributed by atoms with E-state index in [1.807, 2.05) is 18.2 Å². The van der Waals surface area contributed by atoms with Gasteiger partial charge < -0.3 is 9.13 Å². The van der Waals surface area contributed by atoms with Gasteiger partial charge in [-0.05, 0) is 156 Å². The number of benzene rings is 10. The number of nitrogens with zero attached hydrogens (tertiary/aromatic N) is 4. The number of aryl methyl sites for hydroxylation is 4. The van der Waals surface area contributed by atoms with E-state index in [0.717, 1.165) is 111 Å². The Morgan fingerprint density at radius 3 is 0.886 bits per heavy atom. The van der Waals surface area contributed by atoms with Crippen LogP contribution in [0.5, 0.6) is 0 Å². The van der Waals surface area contributed by atoms with Crippen LogP contribution in [0.25, 0.3) is 111 Å². The summed E-state index contributed by atoms with van der Waals surface area (Å²) in [5, 5.41) is 26.3. The molecule has 0 aliphatic carbocycles. The highest BCUT2D eigenvalue weighted by Gasteiger charge is 2.24. The second kappa shape index (κ2) is 16.8. The molecule has 70 heavy (non-hydrogen) atoms. The Kier molecular flexibility index (Phi) is 10.1. The van der Waals surface area contributed by atoms with Crippen molar-refractivity contribution in [3.8, 4) is 79.1 Å². The first-order valence-corrected chi connectivity index (χ1v) is 23.8. The van der Waals surface area contributed by atoms with Gasteiger partial charge >= 0.3 is 0 Å². The predicted molar refractivity (Wildman–Crippen MR) is 291 cm³/mol. The molecule has 12 rings (SSSR count). The van der Waals surface area contributed by atoms with E-state index < -0.39 is 0 Å².